The Bertz CT molecular complexity index is 1050. The predicted octanol–water partition coefficient (Wildman–Crippen LogP) is 2.56. The minimum absolute atomic E-state index is 0.0512. The van der Waals surface area contributed by atoms with Crippen LogP contribution >= 0.6 is 11.6 Å². The van der Waals surface area contributed by atoms with Gasteiger partial charge in [-0.3, -0.25) is 4.79 Å². The molecule has 0 atom stereocenters. The van der Waals surface area contributed by atoms with E-state index in [1.165, 1.54) is 31.3 Å². The molecule has 0 aromatic heterocycles. The van der Waals surface area contributed by atoms with Crippen molar-refractivity contribution in [3.05, 3.63) is 63.4 Å². The van der Waals surface area contributed by atoms with Crippen molar-refractivity contribution in [3.63, 3.8) is 0 Å². The van der Waals surface area contributed by atoms with Crippen LogP contribution in [0.3, 0.4) is 0 Å². The minimum atomic E-state index is -4.03. The Kier molecular flexibility index (Phi) is 6.99. The number of primary sulfonamides is 1. The van der Waals surface area contributed by atoms with E-state index in [0.717, 1.165) is 11.0 Å². The number of likely N-dealkylation sites (N-methyl/N-ethyl adjacent to an activating group) is 1. The second kappa shape index (κ2) is 8.89. The predicted molar refractivity (Wildman–Crippen MR) is 105 cm³/mol. The molecule has 7 nitrogen and oxygen atoms in total. The Morgan fingerprint density at radius 3 is 2.48 bits per heavy atom. The third-order valence-electron chi connectivity index (χ3n) is 4.37. The monoisotopic (exact) mass is 442 g/mol. The first-order chi connectivity index (χ1) is 13.4. The van der Waals surface area contributed by atoms with E-state index in [2.05, 4.69) is 0 Å². The number of amides is 1. The number of hydrogen-bond donors (Lipinski definition) is 1. The van der Waals surface area contributed by atoms with Crippen LogP contribution in [0.15, 0.2) is 35.2 Å². The zero-order chi connectivity index (χ0) is 21.9. The second-order valence-corrected chi connectivity index (χ2v) is 8.42. The Hall–Kier alpha value is -2.49. The van der Waals surface area contributed by atoms with Gasteiger partial charge in [0.1, 0.15) is 5.82 Å². The Balaban J connectivity index is 2.09. The lowest BCUT2D eigenvalue weighted by molar-refractivity contribution is -0.133. The summed E-state index contributed by atoms with van der Waals surface area (Å²) >= 11 is 5.94. The molecule has 0 aliphatic carbocycles. The lowest BCUT2D eigenvalue weighted by Gasteiger charge is -2.18. The fourth-order valence-corrected chi connectivity index (χ4v) is 3.67. The van der Waals surface area contributed by atoms with E-state index in [1.807, 2.05) is 0 Å². The van der Waals surface area contributed by atoms with Gasteiger partial charge in [-0.15, -0.1) is 0 Å². The lowest BCUT2D eigenvalue weighted by atomic mass is 10.1. The molecular formula is C19H20ClFN2O5S. The first kappa shape index (κ1) is 22.8. The summed E-state index contributed by atoms with van der Waals surface area (Å²) in [5.74, 6) is -2.03. The number of rotatable bonds is 6. The average molecular weight is 443 g/mol. The summed E-state index contributed by atoms with van der Waals surface area (Å²) in [5.41, 5.74) is 1.04. The normalized spacial score (nSPS) is 11.2. The molecule has 0 spiro atoms. The molecule has 0 fully saturated rings. The molecule has 0 unspecified atom stereocenters. The third-order valence-corrected chi connectivity index (χ3v) is 5.76. The highest BCUT2D eigenvalue weighted by atomic mass is 35.5. The first-order valence-corrected chi connectivity index (χ1v) is 10.3. The lowest BCUT2D eigenvalue weighted by Crippen LogP contribution is -2.31. The molecule has 0 radical (unpaired) electrons. The van der Waals surface area contributed by atoms with Crippen LogP contribution in [-0.4, -0.2) is 38.8 Å². The minimum Gasteiger partial charge on any atom is -0.452 e. The number of esters is 1. The van der Waals surface area contributed by atoms with Crippen LogP contribution in [0, 0.1) is 19.7 Å². The molecule has 0 bridgehead atoms. The zero-order valence-electron chi connectivity index (χ0n) is 16.0. The largest absolute Gasteiger partial charge is 0.452 e. The average Bonchev–Trinajstić information content (AvgIpc) is 2.63. The molecule has 29 heavy (non-hydrogen) atoms. The van der Waals surface area contributed by atoms with Gasteiger partial charge in [0.2, 0.25) is 10.0 Å². The van der Waals surface area contributed by atoms with Crippen molar-refractivity contribution >= 4 is 33.5 Å². The molecule has 2 aromatic rings. The van der Waals surface area contributed by atoms with Crippen LogP contribution < -0.4 is 5.14 Å². The number of benzene rings is 2. The smallest absolute Gasteiger partial charge is 0.338 e. The summed E-state index contributed by atoms with van der Waals surface area (Å²) in [6, 6.07) is 6.72. The molecule has 0 saturated carbocycles. The molecule has 0 aliphatic heterocycles. The van der Waals surface area contributed by atoms with Gasteiger partial charge in [-0.25, -0.2) is 22.7 Å². The van der Waals surface area contributed by atoms with E-state index >= 15 is 0 Å². The molecule has 0 saturated heterocycles. The van der Waals surface area contributed by atoms with E-state index in [4.69, 9.17) is 21.5 Å². The summed E-state index contributed by atoms with van der Waals surface area (Å²) in [7, 11) is -2.62. The molecule has 2 aromatic carbocycles. The topological polar surface area (TPSA) is 107 Å². The van der Waals surface area contributed by atoms with E-state index in [-0.39, 0.29) is 27.6 Å². The quantitative estimate of drug-likeness (QED) is 0.692. The van der Waals surface area contributed by atoms with Crippen molar-refractivity contribution in [2.75, 3.05) is 13.7 Å². The van der Waals surface area contributed by atoms with Gasteiger partial charge >= 0.3 is 5.97 Å². The summed E-state index contributed by atoms with van der Waals surface area (Å²) < 4.78 is 42.2. The maximum atomic E-state index is 13.8. The van der Waals surface area contributed by atoms with Crippen molar-refractivity contribution in [1.29, 1.82) is 0 Å². The summed E-state index contributed by atoms with van der Waals surface area (Å²) in [5, 5.41) is 5.35. The summed E-state index contributed by atoms with van der Waals surface area (Å²) in [6.07, 6.45) is 0. The highest BCUT2D eigenvalue weighted by molar-refractivity contribution is 7.89. The molecule has 2 N–H and O–H groups in total. The van der Waals surface area contributed by atoms with Crippen molar-refractivity contribution in [3.8, 4) is 0 Å². The number of ether oxygens (including phenoxy) is 1. The van der Waals surface area contributed by atoms with E-state index in [1.54, 1.807) is 13.8 Å². The molecular weight excluding hydrogens is 423 g/mol. The standard InChI is InChI=1S/C19H20ClFN2O5S/c1-11-7-13(8-17(12(11)2)29(22,26)27)19(25)28-10-18(24)23(3)9-14-15(20)5-4-6-16(14)21/h4-8H,9-10H2,1-3H3,(H2,22,26,27). The first-order valence-electron chi connectivity index (χ1n) is 8.40. The molecule has 156 valence electrons. The van der Waals surface area contributed by atoms with Crippen LogP contribution in [0.5, 0.6) is 0 Å². The van der Waals surface area contributed by atoms with Crippen LogP contribution in [0.2, 0.25) is 5.02 Å². The van der Waals surface area contributed by atoms with E-state index < -0.39 is 34.3 Å². The maximum absolute atomic E-state index is 13.8. The zero-order valence-corrected chi connectivity index (χ0v) is 17.6. The molecule has 2 rings (SSSR count). The van der Waals surface area contributed by atoms with Crippen molar-refractivity contribution in [1.82, 2.24) is 4.90 Å². The number of carbonyl (C=O) groups is 2. The fourth-order valence-electron chi connectivity index (χ4n) is 2.57. The van der Waals surface area contributed by atoms with Gasteiger partial charge in [0, 0.05) is 24.2 Å². The number of nitrogens with zero attached hydrogens (tertiary/aromatic N) is 1. The van der Waals surface area contributed by atoms with Gasteiger partial charge < -0.3 is 9.64 Å². The van der Waals surface area contributed by atoms with Crippen molar-refractivity contribution in [2.24, 2.45) is 5.14 Å². The molecule has 10 heteroatoms. The number of aryl methyl sites for hydroxylation is 1. The van der Waals surface area contributed by atoms with Crippen molar-refractivity contribution in [2.45, 2.75) is 25.3 Å². The van der Waals surface area contributed by atoms with Gasteiger partial charge in [0.25, 0.3) is 5.91 Å². The van der Waals surface area contributed by atoms with Gasteiger partial charge in [0.15, 0.2) is 6.61 Å². The summed E-state index contributed by atoms with van der Waals surface area (Å²) in [6.45, 7) is 2.47. The Morgan fingerprint density at radius 1 is 1.24 bits per heavy atom. The SMILES string of the molecule is Cc1cc(C(=O)OCC(=O)N(C)Cc2c(F)cccc2Cl)cc(S(N)(=O)=O)c1C. The van der Waals surface area contributed by atoms with E-state index in [0.29, 0.717) is 11.1 Å². The van der Waals surface area contributed by atoms with Crippen LogP contribution in [0.1, 0.15) is 27.0 Å². The highest BCUT2D eigenvalue weighted by Gasteiger charge is 2.20. The number of nitrogens with two attached hydrogens (primary N) is 1. The molecule has 0 heterocycles. The van der Waals surface area contributed by atoms with Crippen LogP contribution in [-0.2, 0) is 26.1 Å². The Morgan fingerprint density at radius 2 is 1.90 bits per heavy atom. The molecule has 1 amide bonds. The van der Waals surface area contributed by atoms with Gasteiger partial charge in [0.05, 0.1) is 10.5 Å². The van der Waals surface area contributed by atoms with Gasteiger partial charge in [-0.05, 0) is 49.2 Å². The number of halogens is 2. The molecule has 0 aliphatic rings. The van der Waals surface area contributed by atoms with Gasteiger partial charge in [-0.2, -0.15) is 0 Å². The van der Waals surface area contributed by atoms with E-state index in [9.17, 15) is 22.4 Å². The summed E-state index contributed by atoms with van der Waals surface area (Å²) in [4.78, 5) is 25.5. The highest BCUT2D eigenvalue weighted by Crippen LogP contribution is 2.22. The van der Waals surface area contributed by atoms with Crippen LogP contribution in [0.4, 0.5) is 4.39 Å². The van der Waals surface area contributed by atoms with Crippen LogP contribution in [0.25, 0.3) is 0 Å². The third kappa shape index (κ3) is 5.53. The van der Waals surface area contributed by atoms with Crippen molar-refractivity contribution < 1.29 is 27.1 Å². The number of sulfonamides is 1. The number of hydrogen-bond acceptors (Lipinski definition) is 5. The van der Waals surface area contributed by atoms with Gasteiger partial charge in [-0.1, -0.05) is 17.7 Å². The fraction of sp³-hybridized carbons (Fsp3) is 0.263. The maximum Gasteiger partial charge on any atom is 0.338 e. The second-order valence-electron chi connectivity index (χ2n) is 6.49. The Labute approximate surface area is 173 Å². The number of carbonyl (C=O) groups excluding carboxylic acids is 2.